The molecule has 5 aromatic rings. The summed E-state index contributed by atoms with van der Waals surface area (Å²) in [6, 6.07) is 15.7. The highest BCUT2D eigenvalue weighted by molar-refractivity contribution is 5.89. The number of ether oxygens (including phenoxy) is 8. The molecule has 2 aromatic heterocycles. The second-order valence-corrected chi connectivity index (χ2v) is 24.3. The van der Waals surface area contributed by atoms with Gasteiger partial charge in [-0.25, -0.2) is 27.3 Å². The molecule has 20 atom stereocenters. The van der Waals surface area contributed by atoms with Crippen molar-refractivity contribution >= 4 is 17.8 Å². The molecule has 6 aliphatic rings. The maximum absolute atomic E-state index is 14.9. The third-order valence-corrected chi connectivity index (χ3v) is 18.2. The lowest BCUT2D eigenvalue weighted by Gasteiger charge is -2.49. The normalized spacial score (nSPS) is 33.2. The lowest BCUT2D eigenvalue weighted by atomic mass is 9.80. The van der Waals surface area contributed by atoms with Gasteiger partial charge in [-0.1, -0.05) is 91.1 Å². The summed E-state index contributed by atoms with van der Waals surface area (Å²) in [5.74, 6) is -7.57. The van der Waals surface area contributed by atoms with Crippen LogP contribution in [0, 0.1) is 29.3 Å². The Labute approximate surface area is 525 Å². The van der Waals surface area contributed by atoms with E-state index in [-0.39, 0.29) is 61.1 Å². The molecule has 2 amide bonds. The maximum atomic E-state index is 14.9. The Morgan fingerprint density at radius 3 is 1.99 bits per heavy atom. The standard InChI is InChI=1S/C62H77F3N8O19/c1-31-48(76)52(80)53(81)61(86-31)92-54-41(72-27-39(67-69-72)33-14-7-3-8-15-33)25-36(57(82)66-18-21-85-60-51(79)47(49(77)44(29-74)89-60)73-28-40(68-70-73)35-23-37(63)46(65)38(64)24-35)26-42(54)88-62-56(91-59(84)34-16-9-4-10-17-34)55(50(78)45(30-75)90-62)87-43(58(83)71-19-11-20-71)22-32-12-5-2-6-13-32/h3-4,7-10,14-17,23-24,27-28,31-32,36,41-45,47-56,60-62,74-81H,2,5-6,11-13,18-22,25-26,29-30H2,1H3,(H,66,82)/t31?,36?,41?,42-,43+,44?,45?,47?,48-,49-,50+,51?,52?,53?,54?,55?,56?,60+,61+,62-/m1/s1. The summed E-state index contributed by atoms with van der Waals surface area (Å²) in [5.41, 5.74) is 0.750. The molecule has 9 N–H and O–H groups in total. The monoisotopic (exact) mass is 1290 g/mol. The number of carbonyl (C=O) groups excluding carboxylic acids is 3. The second kappa shape index (κ2) is 29.9. The van der Waals surface area contributed by atoms with E-state index >= 15 is 0 Å². The number of nitrogens with one attached hydrogen (secondary N) is 1. The van der Waals surface area contributed by atoms with Gasteiger partial charge in [-0.15, -0.1) is 10.2 Å². The number of nitrogens with zero attached hydrogens (tertiary/aromatic N) is 7. The molecule has 27 nitrogen and oxygen atoms in total. The van der Waals surface area contributed by atoms with E-state index in [1.54, 1.807) is 53.6 Å². The summed E-state index contributed by atoms with van der Waals surface area (Å²) in [4.78, 5) is 45.3. The second-order valence-electron chi connectivity index (χ2n) is 24.3. The van der Waals surface area contributed by atoms with Gasteiger partial charge in [0.1, 0.15) is 84.6 Å². The van der Waals surface area contributed by atoms with Crippen molar-refractivity contribution in [2.24, 2.45) is 11.8 Å². The third kappa shape index (κ3) is 14.7. The summed E-state index contributed by atoms with van der Waals surface area (Å²) < 4.78 is 95.5. The van der Waals surface area contributed by atoms with Crippen LogP contribution in [0.4, 0.5) is 13.2 Å². The van der Waals surface area contributed by atoms with Crippen molar-refractivity contribution in [2.45, 2.75) is 181 Å². The third-order valence-electron chi connectivity index (χ3n) is 18.2. The average Bonchev–Trinajstić information content (AvgIpc) is 1.16. The number of hydrogen-bond acceptors (Lipinski definition) is 23. The van der Waals surface area contributed by atoms with Crippen molar-refractivity contribution in [3.05, 3.63) is 108 Å². The van der Waals surface area contributed by atoms with E-state index in [0.717, 1.165) is 49.4 Å². The van der Waals surface area contributed by atoms with Gasteiger partial charge in [0.05, 0.1) is 56.0 Å². The van der Waals surface area contributed by atoms with Crippen molar-refractivity contribution in [2.75, 3.05) is 39.5 Å². The molecule has 4 aliphatic heterocycles. The van der Waals surface area contributed by atoms with E-state index in [9.17, 15) is 68.4 Å². The van der Waals surface area contributed by atoms with Crippen LogP contribution in [0.2, 0.25) is 0 Å². The largest absolute Gasteiger partial charge is 0.450 e. The fourth-order valence-electron chi connectivity index (χ4n) is 12.9. The molecular weight excluding hydrogens is 1220 g/mol. The smallest absolute Gasteiger partial charge is 0.338 e. The first-order valence-corrected chi connectivity index (χ1v) is 31.1. The number of carbonyl (C=O) groups is 3. The topological polar surface area (TPSA) is 364 Å². The highest BCUT2D eigenvalue weighted by atomic mass is 19.2. The average molecular weight is 1300 g/mol. The van der Waals surface area contributed by atoms with Crippen molar-refractivity contribution in [1.29, 1.82) is 0 Å². The van der Waals surface area contributed by atoms with Gasteiger partial charge in [0.2, 0.25) is 5.91 Å². The molecule has 2 saturated carbocycles. The van der Waals surface area contributed by atoms with Gasteiger partial charge >= 0.3 is 5.97 Å². The Morgan fingerprint density at radius 2 is 1.32 bits per heavy atom. The minimum atomic E-state index is -1.87. The number of aliphatic hydroxyl groups excluding tert-OH is 8. The molecule has 4 saturated heterocycles. The first-order chi connectivity index (χ1) is 44.4. The predicted molar refractivity (Wildman–Crippen MR) is 309 cm³/mol. The number of benzene rings is 3. The van der Waals surface area contributed by atoms with Gasteiger partial charge in [0.25, 0.3) is 5.91 Å². The highest BCUT2D eigenvalue weighted by Gasteiger charge is 2.55. The lowest BCUT2D eigenvalue weighted by molar-refractivity contribution is -0.348. The van der Waals surface area contributed by atoms with Gasteiger partial charge in [-0.2, -0.15) is 0 Å². The molecule has 0 spiro atoms. The summed E-state index contributed by atoms with van der Waals surface area (Å²) in [6.45, 7) is 0.155. The lowest BCUT2D eigenvalue weighted by Crippen LogP contribution is -2.64. The number of aromatic nitrogens is 6. The number of rotatable bonds is 22. The molecule has 500 valence electrons. The number of hydrogen-bond donors (Lipinski definition) is 9. The number of amides is 2. The zero-order valence-corrected chi connectivity index (χ0v) is 50.1. The number of likely N-dealkylation sites (tertiary alicyclic amines) is 1. The highest BCUT2D eigenvalue weighted by Crippen LogP contribution is 2.42. The first kappa shape index (κ1) is 67.0. The number of esters is 1. The van der Waals surface area contributed by atoms with Crippen molar-refractivity contribution in [1.82, 2.24) is 40.2 Å². The van der Waals surface area contributed by atoms with E-state index in [1.165, 1.54) is 23.7 Å². The summed E-state index contributed by atoms with van der Waals surface area (Å²) in [6.07, 6.45) is -18.8. The molecule has 12 unspecified atom stereocenters. The van der Waals surface area contributed by atoms with Crippen LogP contribution in [0.3, 0.4) is 0 Å². The van der Waals surface area contributed by atoms with Crippen LogP contribution in [0.25, 0.3) is 22.5 Å². The Balaban J connectivity index is 0.901. The summed E-state index contributed by atoms with van der Waals surface area (Å²) in [5, 5.41) is 109. The summed E-state index contributed by atoms with van der Waals surface area (Å²) in [7, 11) is 0. The molecule has 6 fully saturated rings. The maximum Gasteiger partial charge on any atom is 0.338 e. The van der Waals surface area contributed by atoms with Crippen LogP contribution >= 0.6 is 0 Å². The van der Waals surface area contributed by atoms with E-state index in [2.05, 4.69) is 25.9 Å². The van der Waals surface area contributed by atoms with Crippen molar-refractivity contribution in [3.63, 3.8) is 0 Å². The van der Waals surface area contributed by atoms with Gasteiger partial charge in [0.15, 0.2) is 42.4 Å². The molecule has 0 radical (unpaired) electrons. The molecule has 3 aromatic carbocycles. The Hall–Kier alpha value is -6.46. The van der Waals surface area contributed by atoms with Gasteiger partial charge in [-0.05, 0) is 62.8 Å². The van der Waals surface area contributed by atoms with Gasteiger partial charge < -0.3 is 89.0 Å². The van der Waals surface area contributed by atoms with Gasteiger partial charge in [0, 0.05) is 36.7 Å². The molecular formula is C62H77F3N8O19. The SMILES string of the molecule is CC1O[C@@H](OC2C(n3cc(-c4ccccc4)nn3)CC(C(=O)NCCO[C@H]3OC(CO)[C@@H](O)C(n4cc(-c5cc(F)c(F)c(F)c5)nn4)C3O)C[C@H]2O[C@@H]2OC(CO)[C@H](O)C(O[C@@H](CC3CCCCC3)C(=O)N3CCC3)C2OC(=O)c2ccccc2)C(O)C(O)[C@@H]1O. The van der Waals surface area contributed by atoms with Crippen LogP contribution in [0.1, 0.15) is 87.2 Å². The number of halogens is 3. The fraction of sp³-hybridized carbons (Fsp3) is 0.597. The fourth-order valence-corrected chi connectivity index (χ4v) is 12.9. The van der Waals surface area contributed by atoms with E-state index < -0.39 is 165 Å². The Bertz CT molecular complexity index is 3240. The minimum Gasteiger partial charge on any atom is -0.450 e. The minimum absolute atomic E-state index is 0.0812. The molecule has 30 heteroatoms. The molecule has 11 rings (SSSR count). The van der Waals surface area contributed by atoms with Crippen molar-refractivity contribution < 1.29 is 106 Å². The first-order valence-electron chi connectivity index (χ1n) is 31.1. The molecule has 2 aliphatic carbocycles. The van der Waals surface area contributed by atoms with Crippen molar-refractivity contribution in [3.8, 4) is 22.5 Å². The number of aliphatic hydroxyl groups is 8. The zero-order chi connectivity index (χ0) is 64.9. The van der Waals surface area contributed by atoms with Crippen LogP contribution < -0.4 is 5.32 Å². The van der Waals surface area contributed by atoms with E-state index in [4.69, 9.17) is 37.9 Å². The van der Waals surface area contributed by atoms with Gasteiger partial charge in [-0.3, -0.25) is 9.59 Å². The molecule has 92 heavy (non-hydrogen) atoms. The van der Waals surface area contributed by atoms with E-state index in [1.807, 2.05) is 6.07 Å². The Morgan fingerprint density at radius 1 is 0.674 bits per heavy atom. The van der Waals surface area contributed by atoms with Crippen LogP contribution in [0.15, 0.2) is 85.2 Å². The Kier molecular flexibility index (Phi) is 21.7. The zero-order valence-electron chi connectivity index (χ0n) is 50.1. The van der Waals surface area contributed by atoms with Crippen LogP contribution in [0.5, 0.6) is 0 Å². The molecule has 0 bridgehead atoms. The molecule has 6 heterocycles. The van der Waals surface area contributed by atoms with Crippen LogP contribution in [-0.2, 0) is 47.5 Å². The van der Waals surface area contributed by atoms with E-state index in [0.29, 0.717) is 36.5 Å². The quantitative estimate of drug-likeness (QED) is 0.0267. The predicted octanol–water partition coefficient (Wildman–Crippen LogP) is 1.24. The van der Waals surface area contributed by atoms with Crippen LogP contribution in [-0.4, -0.2) is 237 Å². The summed E-state index contributed by atoms with van der Waals surface area (Å²) >= 11 is 0.